The van der Waals surface area contributed by atoms with Crippen molar-refractivity contribution in [2.75, 3.05) is 39.3 Å². The number of nitrogens with zero attached hydrogens (tertiary/aromatic N) is 2. The van der Waals surface area contributed by atoms with Crippen molar-refractivity contribution >= 4 is 11.3 Å². The van der Waals surface area contributed by atoms with E-state index in [1.807, 2.05) is 11.3 Å². The van der Waals surface area contributed by atoms with Crippen LogP contribution < -0.4 is 0 Å². The number of likely N-dealkylation sites (N-methyl/N-ethyl adjacent to an activating group) is 1. The molecule has 1 aliphatic rings. The molecule has 1 aromatic heterocycles. The van der Waals surface area contributed by atoms with Gasteiger partial charge in [0, 0.05) is 37.6 Å². The van der Waals surface area contributed by atoms with E-state index in [1.165, 1.54) is 50.6 Å². The van der Waals surface area contributed by atoms with Crippen molar-refractivity contribution in [3.05, 3.63) is 22.4 Å². The Hall–Kier alpha value is -0.380. The summed E-state index contributed by atoms with van der Waals surface area (Å²) in [6.45, 7) is 9.69. The van der Waals surface area contributed by atoms with E-state index in [1.54, 1.807) is 0 Å². The molecule has 0 spiro atoms. The van der Waals surface area contributed by atoms with E-state index < -0.39 is 0 Å². The lowest BCUT2D eigenvalue weighted by atomic mass is 10.2. The minimum atomic E-state index is 1.21. The van der Waals surface area contributed by atoms with Gasteiger partial charge < -0.3 is 9.80 Å². The van der Waals surface area contributed by atoms with Gasteiger partial charge in [-0.05, 0) is 24.4 Å². The fraction of sp³-hybridized carbons (Fsp3) is 0.667. The van der Waals surface area contributed by atoms with Crippen LogP contribution in [0.4, 0.5) is 0 Å². The second-order valence-electron chi connectivity index (χ2n) is 4.11. The topological polar surface area (TPSA) is 6.48 Å². The summed E-state index contributed by atoms with van der Waals surface area (Å²) >= 11 is 1.88. The molecule has 3 heteroatoms. The Labute approximate surface area is 96.5 Å². The molecule has 2 rings (SSSR count). The van der Waals surface area contributed by atoms with Crippen LogP contribution in [-0.4, -0.2) is 49.1 Å². The first-order valence-electron chi connectivity index (χ1n) is 5.85. The summed E-state index contributed by atoms with van der Waals surface area (Å²) in [6.07, 6.45) is 1.23. The molecule has 1 saturated heterocycles. The van der Waals surface area contributed by atoms with Crippen LogP contribution in [-0.2, 0) is 6.42 Å². The third-order valence-electron chi connectivity index (χ3n) is 3.17. The van der Waals surface area contributed by atoms with Gasteiger partial charge in [-0.3, -0.25) is 0 Å². The maximum Gasteiger partial charge on any atom is 0.0110 e. The van der Waals surface area contributed by atoms with E-state index in [-0.39, 0.29) is 0 Å². The van der Waals surface area contributed by atoms with Gasteiger partial charge in [0.05, 0.1) is 0 Å². The van der Waals surface area contributed by atoms with E-state index >= 15 is 0 Å². The zero-order chi connectivity index (χ0) is 10.5. The zero-order valence-electron chi connectivity index (χ0n) is 9.48. The monoisotopic (exact) mass is 224 g/mol. The summed E-state index contributed by atoms with van der Waals surface area (Å²) in [6, 6.07) is 4.39. The van der Waals surface area contributed by atoms with Crippen molar-refractivity contribution in [2.24, 2.45) is 0 Å². The highest BCUT2D eigenvalue weighted by molar-refractivity contribution is 7.09. The number of thiophene rings is 1. The lowest BCUT2D eigenvalue weighted by Gasteiger charge is -2.33. The zero-order valence-corrected chi connectivity index (χ0v) is 10.3. The molecule has 1 aliphatic heterocycles. The predicted octanol–water partition coefficient (Wildman–Crippen LogP) is 1.93. The van der Waals surface area contributed by atoms with Gasteiger partial charge in [-0.2, -0.15) is 0 Å². The van der Waals surface area contributed by atoms with Gasteiger partial charge in [-0.25, -0.2) is 0 Å². The van der Waals surface area contributed by atoms with Crippen molar-refractivity contribution in [1.29, 1.82) is 0 Å². The molecular weight excluding hydrogens is 204 g/mol. The summed E-state index contributed by atoms with van der Waals surface area (Å²) in [7, 11) is 0. The first-order valence-corrected chi connectivity index (χ1v) is 6.73. The molecule has 15 heavy (non-hydrogen) atoms. The maximum atomic E-state index is 2.59. The Bertz CT molecular complexity index is 263. The van der Waals surface area contributed by atoms with Crippen molar-refractivity contribution in [1.82, 2.24) is 9.80 Å². The van der Waals surface area contributed by atoms with Crippen LogP contribution in [0.2, 0.25) is 0 Å². The molecule has 0 saturated carbocycles. The minimum absolute atomic E-state index is 1.21. The molecule has 0 N–H and O–H groups in total. The van der Waals surface area contributed by atoms with Crippen LogP contribution in [0.3, 0.4) is 0 Å². The SMILES string of the molecule is CCN1CCN(CCc2cccs2)CC1. The highest BCUT2D eigenvalue weighted by atomic mass is 32.1. The molecule has 2 nitrogen and oxygen atoms in total. The first-order chi connectivity index (χ1) is 7.38. The average Bonchev–Trinajstić information content (AvgIpc) is 2.80. The molecule has 0 atom stereocenters. The third-order valence-corrected chi connectivity index (χ3v) is 4.10. The van der Waals surface area contributed by atoms with Crippen molar-refractivity contribution in [2.45, 2.75) is 13.3 Å². The summed E-state index contributed by atoms with van der Waals surface area (Å²) < 4.78 is 0. The quantitative estimate of drug-likeness (QED) is 0.771. The Kier molecular flexibility index (Phi) is 4.18. The van der Waals surface area contributed by atoms with Gasteiger partial charge in [0.25, 0.3) is 0 Å². The molecule has 0 bridgehead atoms. The fourth-order valence-corrected chi connectivity index (χ4v) is 2.75. The number of hydrogen-bond donors (Lipinski definition) is 0. The number of piperazine rings is 1. The maximum absolute atomic E-state index is 2.59. The Morgan fingerprint density at radius 3 is 2.53 bits per heavy atom. The lowest BCUT2D eigenvalue weighted by molar-refractivity contribution is 0.138. The number of hydrogen-bond acceptors (Lipinski definition) is 3. The Morgan fingerprint density at radius 2 is 1.93 bits per heavy atom. The van der Waals surface area contributed by atoms with E-state index in [2.05, 4.69) is 34.2 Å². The second kappa shape index (κ2) is 5.64. The van der Waals surface area contributed by atoms with Crippen LogP contribution in [0.15, 0.2) is 17.5 Å². The molecule has 0 aliphatic carbocycles. The summed E-state index contributed by atoms with van der Waals surface area (Å²) in [5, 5.41) is 2.17. The van der Waals surface area contributed by atoms with Crippen LogP contribution in [0.5, 0.6) is 0 Å². The summed E-state index contributed by atoms with van der Waals surface area (Å²) in [5.41, 5.74) is 0. The highest BCUT2D eigenvalue weighted by Gasteiger charge is 2.14. The van der Waals surface area contributed by atoms with Gasteiger partial charge in [0.2, 0.25) is 0 Å². The van der Waals surface area contributed by atoms with Crippen molar-refractivity contribution < 1.29 is 0 Å². The van der Waals surface area contributed by atoms with Crippen molar-refractivity contribution in [3.8, 4) is 0 Å². The van der Waals surface area contributed by atoms with Crippen LogP contribution >= 0.6 is 11.3 Å². The highest BCUT2D eigenvalue weighted by Crippen LogP contribution is 2.10. The largest absolute Gasteiger partial charge is 0.301 e. The summed E-state index contributed by atoms with van der Waals surface area (Å²) in [4.78, 5) is 6.64. The minimum Gasteiger partial charge on any atom is -0.301 e. The molecule has 0 unspecified atom stereocenters. The normalized spacial score (nSPS) is 19.5. The van der Waals surface area contributed by atoms with E-state index in [9.17, 15) is 0 Å². The van der Waals surface area contributed by atoms with Crippen LogP contribution in [0.1, 0.15) is 11.8 Å². The first kappa shape index (κ1) is 11.1. The molecule has 1 fully saturated rings. The number of rotatable bonds is 4. The van der Waals surface area contributed by atoms with E-state index in [4.69, 9.17) is 0 Å². The molecular formula is C12H20N2S. The molecule has 84 valence electrons. The third kappa shape index (κ3) is 3.30. The van der Waals surface area contributed by atoms with Gasteiger partial charge in [-0.15, -0.1) is 11.3 Å². The fourth-order valence-electron chi connectivity index (χ4n) is 2.05. The van der Waals surface area contributed by atoms with Crippen molar-refractivity contribution in [3.63, 3.8) is 0 Å². The van der Waals surface area contributed by atoms with Gasteiger partial charge in [0.1, 0.15) is 0 Å². The lowest BCUT2D eigenvalue weighted by Crippen LogP contribution is -2.46. The molecule has 2 heterocycles. The Morgan fingerprint density at radius 1 is 1.20 bits per heavy atom. The van der Waals surface area contributed by atoms with E-state index in [0.717, 1.165) is 0 Å². The molecule has 0 radical (unpaired) electrons. The molecule has 0 amide bonds. The standard InChI is InChI=1S/C12H20N2S/c1-2-13-7-9-14(10-8-13)6-5-12-4-3-11-15-12/h3-4,11H,2,5-10H2,1H3. The van der Waals surface area contributed by atoms with Gasteiger partial charge in [-0.1, -0.05) is 13.0 Å². The second-order valence-corrected chi connectivity index (χ2v) is 5.14. The van der Waals surface area contributed by atoms with Crippen LogP contribution in [0, 0.1) is 0 Å². The predicted molar refractivity (Wildman–Crippen MR) is 66.6 cm³/mol. The smallest absolute Gasteiger partial charge is 0.0110 e. The molecule has 1 aromatic rings. The van der Waals surface area contributed by atoms with E-state index in [0.29, 0.717) is 0 Å². The van der Waals surface area contributed by atoms with Crippen LogP contribution in [0.25, 0.3) is 0 Å². The summed E-state index contributed by atoms with van der Waals surface area (Å²) in [5.74, 6) is 0. The average molecular weight is 224 g/mol. The Balaban J connectivity index is 1.69. The van der Waals surface area contributed by atoms with Gasteiger partial charge >= 0.3 is 0 Å². The molecule has 0 aromatic carbocycles. The van der Waals surface area contributed by atoms with Gasteiger partial charge in [0.15, 0.2) is 0 Å².